The zero-order valence-corrected chi connectivity index (χ0v) is 9.35. The molecule has 2 rings (SSSR count). The minimum absolute atomic E-state index is 0.132. The van der Waals surface area contributed by atoms with Gasteiger partial charge in [-0.05, 0) is 11.6 Å². The maximum Gasteiger partial charge on any atom is 0.292 e. The van der Waals surface area contributed by atoms with E-state index in [1.807, 2.05) is 6.07 Å². The molecule has 2 aromatic rings. The van der Waals surface area contributed by atoms with Gasteiger partial charge in [-0.15, -0.1) is 0 Å². The molecular formula is C13H9N3O2. The van der Waals surface area contributed by atoms with Crippen LogP contribution in [-0.2, 0) is 0 Å². The van der Waals surface area contributed by atoms with E-state index in [9.17, 15) is 15.4 Å². The molecule has 18 heavy (non-hydrogen) atoms. The van der Waals surface area contributed by atoms with Gasteiger partial charge in [-0.1, -0.05) is 30.3 Å². The van der Waals surface area contributed by atoms with Crippen molar-refractivity contribution in [1.29, 1.82) is 5.26 Å². The number of hydrogen-bond acceptors (Lipinski definition) is 4. The van der Waals surface area contributed by atoms with Gasteiger partial charge >= 0.3 is 0 Å². The summed E-state index contributed by atoms with van der Waals surface area (Å²) in [5.41, 5.74) is 0.742. The van der Waals surface area contributed by atoms with Crippen molar-refractivity contribution in [2.24, 2.45) is 0 Å². The van der Waals surface area contributed by atoms with E-state index in [4.69, 9.17) is 0 Å². The van der Waals surface area contributed by atoms with Gasteiger partial charge in [-0.2, -0.15) is 5.26 Å². The summed E-state index contributed by atoms with van der Waals surface area (Å²) in [6.45, 7) is 0. The van der Waals surface area contributed by atoms with E-state index < -0.39 is 10.8 Å². The van der Waals surface area contributed by atoms with E-state index in [-0.39, 0.29) is 11.4 Å². The first-order valence-corrected chi connectivity index (χ1v) is 5.28. The number of aromatic nitrogens is 1. The van der Waals surface area contributed by atoms with E-state index in [2.05, 4.69) is 11.1 Å². The van der Waals surface area contributed by atoms with Crippen LogP contribution in [0, 0.1) is 21.4 Å². The zero-order chi connectivity index (χ0) is 13.0. The van der Waals surface area contributed by atoms with Crippen LogP contribution in [0.15, 0.2) is 48.7 Å². The predicted octanol–water partition coefficient (Wildman–Crippen LogP) is 2.65. The van der Waals surface area contributed by atoms with Crippen LogP contribution in [0.4, 0.5) is 5.69 Å². The molecule has 0 saturated heterocycles. The first-order valence-electron chi connectivity index (χ1n) is 5.28. The fourth-order valence-corrected chi connectivity index (χ4v) is 1.72. The molecule has 5 heteroatoms. The topological polar surface area (TPSA) is 79.8 Å². The molecule has 0 N–H and O–H groups in total. The lowest BCUT2D eigenvalue weighted by Crippen LogP contribution is -2.05. The second-order valence-electron chi connectivity index (χ2n) is 3.64. The molecule has 5 nitrogen and oxygen atoms in total. The molecule has 0 aliphatic heterocycles. The molecule has 0 aliphatic rings. The third kappa shape index (κ3) is 2.18. The Morgan fingerprint density at radius 3 is 2.56 bits per heavy atom. The normalized spacial score (nSPS) is 11.5. The third-order valence-electron chi connectivity index (χ3n) is 2.55. The molecule has 88 valence electrons. The van der Waals surface area contributed by atoms with Crippen molar-refractivity contribution < 1.29 is 4.92 Å². The highest BCUT2D eigenvalue weighted by Gasteiger charge is 2.24. The Morgan fingerprint density at radius 2 is 1.94 bits per heavy atom. The van der Waals surface area contributed by atoms with Gasteiger partial charge in [-0.3, -0.25) is 15.1 Å². The lowest BCUT2D eigenvalue weighted by Gasteiger charge is -2.08. The zero-order valence-electron chi connectivity index (χ0n) is 9.35. The molecule has 1 unspecified atom stereocenters. The molecule has 0 amide bonds. The lowest BCUT2D eigenvalue weighted by molar-refractivity contribution is -0.386. The summed E-state index contributed by atoms with van der Waals surface area (Å²) in [4.78, 5) is 14.4. The average molecular weight is 239 g/mol. The molecular weight excluding hydrogens is 230 g/mol. The molecule has 0 bridgehead atoms. The first kappa shape index (κ1) is 11.7. The van der Waals surface area contributed by atoms with Crippen molar-refractivity contribution in [2.45, 2.75) is 5.92 Å². The van der Waals surface area contributed by atoms with Crippen LogP contribution in [0.3, 0.4) is 0 Å². The highest BCUT2D eigenvalue weighted by atomic mass is 16.6. The molecule has 0 spiro atoms. The summed E-state index contributed by atoms with van der Waals surface area (Å²) in [6.07, 6.45) is 1.45. The van der Waals surface area contributed by atoms with Crippen molar-refractivity contribution in [3.05, 3.63) is 70.0 Å². The van der Waals surface area contributed by atoms with Crippen LogP contribution >= 0.6 is 0 Å². The summed E-state index contributed by atoms with van der Waals surface area (Å²) >= 11 is 0. The number of rotatable bonds is 3. The van der Waals surface area contributed by atoms with E-state index in [0.717, 1.165) is 0 Å². The van der Waals surface area contributed by atoms with Gasteiger partial charge < -0.3 is 0 Å². The van der Waals surface area contributed by atoms with E-state index in [1.165, 1.54) is 18.3 Å². The minimum atomic E-state index is -0.729. The molecule has 0 aliphatic carbocycles. The predicted molar refractivity (Wildman–Crippen MR) is 64.8 cm³/mol. The van der Waals surface area contributed by atoms with Gasteiger partial charge in [0.15, 0.2) is 0 Å². The Hall–Kier alpha value is -2.74. The van der Waals surface area contributed by atoms with Crippen LogP contribution in [-0.4, -0.2) is 9.91 Å². The highest BCUT2D eigenvalue weighted by molar-refractivity contribution is 5.45. The van der Waals surface area contributed by atoms with E-state index in [1.54, 1.807) is 24.3 Å². The lowest BCUT2D eigenvalue weighted by atomic mass is 9.96. The Bertz CT molecular complexity index is 605. The first-order chi connectivity index (χ1) is 8.74. The highest BCUT2D eigenvalue weighted by Crippen LogP contribution is 2.28. The largest absolute Gasteiger partial charge is 0.292 e. The summed E-state index contributed by atoms with van der Waals surface area (Å²) < 4.78 is 0. The van der Waals surface area contributed by atoms with Gasteiger partial charge in [0.05, 0.1) is 11.0 Å². The monoisotopic (exact) mass is 239 g/mol. The number of nitriles is 1. The molecule has 0 fully saturated rings. The van der Waals surface area contributed by atoms with Crippen LogP contribution < -0.4 is 0 Å². The SMILES string of the molecule is N#CC(c1ccccc1)c1ncccc1[N+](=O)[O-]. The number of benzene rings is 1. The summed E-state index contributed by atoms with van der Waals surface area (Å²) in [7, 11) is 0. The Balaban J connectivity index is 2.54. The summed E-state index contributed by atoms with van der Waals surface area (Å²) in [6, 6.07) is 13.8. The average Bonchev–Trinajstić information content (AvgIpc) is 2.41. The molecule has 1 heterocycles. The van der Waals surface area contributed by atoms with Gasteiger partial charge in [0.1, 0.15) is 11.6 Å². The Labute approximate surface area is 103 Å². The number of nitrogens with zero attached hydrogens (tertiary/aromatic N) is 3. The Morgan fingerprint density at radius 1 is 1.22 bits per heavy atom. The molecule has 1 aromatic carbocycles. The fourth-order valence-electron chi connectivity index (χ4n) is 1.72. The minimum Gasteiger partial charge on any atom is -0.258 e. The van der Waals surface area contributed by atoms with Crippen molar-refractivity contribution in [3.63, 3.8) is 0 Å². The van der Waals surface area contributed by atoms with Gasteiger partial charge in [0.2, 0.25) is 0 Å². The number of pyridine rings is 1. The molecule has 0 radical (unpaired) electrons. The van der Waals surface area contributed by atoms with Gasteiger partial charge in [-0.25, -0.2) is 0 Å². The third-order valence-corrected chi connectivity index (χ3v) is 2.55. The second kappa shape index (κ2) is 5.06. The maximum absolute atomic E-state index is 10.9. The van der Waals surface area contributed by atoms with Crippen LogP contribution in [0.1, 0.15) is 17.2 Å². The van der Waals surface area contributed by atoms with E-state index in [0.29, 0.717) is 5.56 Å². The van der Waals surface area contributed by atoms with E-state index >= 15 is 0 Å². The van der Waals surface area contributed by atoms with Crippen LogP contribution in [0.25, 0.3) is 0 Å². The van der Waals surface area contributed by atoms with Crippen molar-refractivity contribution >= 4 is 5.69 Å². The fraction of sp³-hybridized carbons (Fsp3) is 0.0769. The smallest absolute Gasteiger partial charge is 0.258 e. The summed E-state index contributed by atoms with van der Waals surface area (Å²) in [5, 5.41) is 20.2. The quantitative estimate of drug-likeness (QED) is 0.609. The van der Waals surface area contributed by atoms with Crippen LogP contribution in [0.5, 0.6) is 0 Å². The van der Waals surface area contributed by atoms with Gasteiger partial charge in [0.25, 0.3) is 5.69 Å². The maximum atomic E-state index is 10.9. The Kier molecular flexibility index (Phi) is 3.30. The van der Waals surface area contributed by atoms with Crippen molar-refractivity contribution in [1.82, 2.24) is 4.98 Å². The number of nitro groups is 1. The van der Waals surface area contributed by atoms with Crippen molar-refractivity contribution in [2.75, 3.05) is 0 Å². The molecule has 0 saturated carbocycles. The van der Waals surface area contributed by atoms with Crippen molar-refractivity contribution in [3.8, 4) is 6.07 Å². The molecule has 1 atom stereocenters. The second-order valence-corrected chi connectivity index (χ2v) is 3.64. The van der Waals surface area contributed by atoms with Crippen LogP contribution in [0.2, 0.25) is 0 Å². The molecule has 1 aromatic heterocycles. The van der Waals surface area contributed by atoms with Gasteiger partial charge in [0, 0.05) is 12.3 Å². The summed E-state index contributed by atoms with van der Waals surface area (Å²) in [5.74, 6) is -0.729. The standard InChI is InChI=1S/C13H9N3O2/c14-9-11(10-5-2-1-3-6-10)13-12(16(17)18)7-4-8-15-13/h1-8,11H. The number of hydrogen-bond donors (Lipinski definition) is 0.